The molecule has 140 valence electrons. The van der Waals surface area contributed by atoms with E-state index in [1.165, 1.54) is 24.9 Å². The Hall–Kier alpha value is -2.88. The number of carbonyl (C=O) groups excluding carboxylic acids is 1. The number of pyridine rings is 1. The Kier molecular flexibility index (Phi) is 6.42. The Morgan fingerprint density at radius 1 is 1.07 bits per heavy atom. The highest BCUT2D eigenvalue weighted by molar-refractivity contribution is 5.94. The number of hydrogen-bond acceptors (Lipinski definition) is 3. The van der Waals surface area contributed by atoms with Crippen LogP contribution in [-0.2, 0) is 11.2 Å². The number of nitrogens with one attached hydrogen (secondary N) is 1. The predicted octanol–water partition coefficient (Wildman–Crippen LogP) is 5.04. The van der Waals surface area contributed by atoms with Crippen LogP contribution in [0, 0.1) is 0 Å². The van der Waals surface area contributed by atoms with Crippen molar-refractivity contribution in [1.29, 1.82) is 0 Å². The summed E-state index contributed by atoms with van der Waals surface area (Å²) >= 11 is 0. The smallest absolute Gasteiger partial charge is 0.228 e. The zero-order valence-electron chi connectivity index (χ0n) is 16.1. The monoisotopic (exact) mass is 361 g/mol. The highest BCUT2D eigenvalue weighted by Gasteiger charge is 2.07. The minimum atomic E-state index is -0.0314. The number of aromatic nitrogens is 1. The fraction of sp³-hybridized carbons (Fsp3) is 0.304. The van der Waals surface area contributed by atoms with Gasteiger partial charge in [0.05, 0.1) is 23.8 Å². The first-order valence-corrected chi connectivity index (χ1v) is 9.60. The van der Waals surface area contributed by atoms with Crippen LogP contribution in [0.4, 0.5) is 11.4 Å². The van der Waals surface area contributed by atoms with Crippen molar-refractivity contribution in [3.8, 4) is 0 Å². The Morgan fingerprint density at radius 3 is 2.63 bits per heavy atom. The number of nitrogens with zero attached hydrogens (tertiary/aromatic N) is 2. The van der Waals surface area contributed by atoms with Crippen molar-refractivity contribution < 1.29 is 4.79 Å². The summed E-state index contributed by atoms with van der Waals surface area (Å²) in [5.74, 6) is -0.0314. The molecule has 0 unspecified atom stereocenters. The third kappa shape index (κ3) is 5.30. The van der Waals surface area contributed by atoms with Crippen molar-refractivity contribution in [2.45, 2.75) is 32.6 Å². The van der Waals surface area contributed by atoms with Crippen LogP contribution in [0.3, 0.4) is 0 Å². The minimum absolute atomic E-state index is 0.0314. The second-order valence-corrected chi connectivity index (χ2v) is 6.94. The summed E-state index contributed by atoms with van der Waals surface area (Å²) < 4.78 is 0. The van der Waals surface area contributed by atoms with E-state index in [1.54, 1.807) is 6.20 Å². The Labute approximate surface area is 161 Å². The maximum absolute atomic E-state index is 12.4. The average Bonchev–Trinajstić information content (AvgIpc) is 2.68. The largest absolute Gasteiger partial charge is 0.375 e. The van der Waals surface area contributed by atoms with Gasteiger partial charge in [0.1, 0.15) is 0 Å². The van der Waals surface area contributed by atoms with E-state index in [0.29, 0.717) is 6.42 Å². The number of anilines is 2. The number of amides is 1. The molecule has 1 amide bonds. The van der Waals surface area contributed by atoms with Gasteiger partial charge in [0.25, 0.3) is 0 Å². The maximum Gasteiger partial charge on any atom is 0.228 e. The summed E-state index contributed by atoms with van der Waals surface area (Å²) in [6.07, 6.45) is 5.75. The average molecular weight is 361 g/mol. The van der Waals surface area contributed by atoms with E-state index >= 15 is 0 Å². The summed E-state index contributed by atoms with van der Waals surface area (Å²) in [7, 11) is 2.12. The van der Waals surface area contributed by atoms with E-state index in [1.807, 2.05) is 42.5 Å². The minimum Gasteiger partial charge on any atom is -0.375 e. The molecule has 2 aromatic carbocycles. The van der Waals surface area contributed by atoms with Crippen LogP contribution in [0.1, 0.15) is 31.7 Å². The van der Waals surface area contributed by atoms with Gasteiger partial charge in [-0.1, -0.05) is 50.1 Å². The number of benzene rings is 2. The number of para-hydroxylation sites is 1. The van der Waals surface area contributed by atoms with Crippen LogP contribution in [0.15, 0.2) is 60.8 Å². The molecule has 0 fully saturated rings. The quantitative estimate of drug-likeness (QED) is 0.572. The Balaban J connectivity index is 1.57. The third-order valence-electron chi connectivity index (χ3n) is 4.71. The number of carbonyl (C=O) groups is 1. The summed E-state index contributed by atoms with van der Waals surface area (Å²) in [5.41, 5.74) is 3.85. The van der Waals surface area contributed by atoms with Crippen molar-refractivity contribution in [2.24, 2.45) is 0 Å². The van der Waals surface area contributed by atoms with Crippen LogP contribution in [0.25, 0.3) is 10.9 Å². The molecule has 0 saturated heterocycles. The lowest BCUT2D eigenvalue weighted by Crippen LogP contribution is -2.18. The van der Waals surface area contributed by atoms with Crippen LogP contribution in [0.2, 0.25) is 0 Å². The molecule has 0 atom stereocenters. The first-order chi connectivity index (χ1) is 13.2. The zero-order chi connectivity index (χ0) is 19.1. The molecule has 3 rings (SSSR count). The van der Waals surface area contributed by atoms with E-state index in [0.717, 1.165) is 28.7 Å². The number of rotatable bonds is 8. The fourth-order valence-corrected chi connectivity index (χ4v) is 3.13. The molecule has 27 heavy (non-hydrogen) atoms. The standard InChI is InChI=1S/C23H27N3O/c1-3-4-7-14-26(2)21-12-10-18(11-13-21)15-23(27)25-20-16-19-8-5-6-9-22(19)24-17-20/h5-6,8-13,16-17H,3-4,7,14-15H2,1-2H3,(H,25,27). The lowest BCUT2D eigenvalue weighted by molar-refractivity contribution is -0.115. The molecule has 1 heterocycles. The normalized spacial score (nSPS) is 10.7. The lowest BCUT2D eigenvalue weighted by atomic mass is 10.1. The van der Waals surface area contributed by atoms with Gasteiger partial charge in [-0.05, 0) is 36.2 Å². The maximum atomic E-state index is 12.4. The molecule has 0 aliphatic rings. The number of hydrogen-bond donors (Lipinski definition) is 1. The van der Waals surface area contributed by atoms with Crippen molar-refractivity contribution in [2.75, 3.05) is 23.8 Å². The summed E-state index contributed by atoms with van der Waals surface area (Å²) in [4.78, 5) is 19.0. The van der Waals surface area contributed by atoms with Crippen LogP contribution < -0.4 is 10.2 Å². The highest BCUT2D eigenvalue weighted by Crippen LogP contribution is 2.18. The van der Waals surface area contributed by atoms with Gasteiger partial charge in [-0.2, -0.15) is 0 Å². The fourth-order valence-electron chi connectivity index (χ4n) is 3.13. The number of fused-ring (bicyclic) bond motifs is 1. The highest BCUT2D eigenvalue weighted by atomic mass is 16.1. The third-order valence-corrected chi connectivity index (χ3v) is 4.71. The van der Waals surface area contributed by atoms with Crippen molar-refractivity contribution in [3.63, 3.8) is 0 Å². The van der Waals surface area contributed by atoms with Gasteiger partial charge in [0, 0.05) is 24.7 Å². The molecule has 0 radical (unpaired) electrons. The molecule has 0 spiro atoms. The molecule has 1 aromatic heterocycles. The zero-order valence-corrected chi connectivity index (χ0v) is 16.1. The molecule has 1 N–H and O–H groups in total. The summed E-state index contributed by atoms with van der Waals surface area (Å²) in [5, 5.41) is 3.96. The van der Waals surface area contributed by atoms with Gasteiger partial charge in [-0.3, -0.25) is 9.78 Å². The molecule has 0 aliphatic carbocycles. The Morgan fingerprint density at radius 2 is 1.85 bits per heavy atom. The molecule has 0 saturated carbocycles. The van der Waals surface area contributed by atoms with Crippen LogP contribution >= 0.6 is 0 Å². The van der Waals surface area contributed by atoms with E-state index in [-0.39, 0.29) is 5.91 Å². The van der Waals surface area contributed by atoms with Crippen molar-refractivity contribution in [3.05, 3.63) is 66.4 Å². The van der Waals surface area contributed by atoms with Gasteiger partial charge in [-0.15, -0.1) is 0 Å². The molecule has 0 aliphatic heterocycles. The van der Waals surface area contributed by atoms with E-state index in [9.17, 15) is 4.79 Å². The molecule has 4 heteroatoms. The topological polar surface area (TPSA) is 45.2 Å². The lowest BCUT2D eigenvalue weighted by Gasteiger charge is -2.19. The Bertz CT molecular complexity index is 890. The first-order valence-electron chi connectivity index (χ1n) is 9.60. The van der Waals surface area contributed by atoms with E-state index in [2.05, 4.69) is 41.3 Å². The van der Waals surface area contributed by atoms with Gasteiger partial charge in [-0.25, -0.2) is 0 Å². The van der Waals surface area contributed by atoms with Gasteiger partial charge in [0.2, 0.25) is 5.91 Å². The van der Waals surface area contributed by atoms with Crippen LogP contribution in [-0.4, -0.2) is 24.5 Å². The van der Waals surface area contributed by atoms with Crippen LogP contribution in [0.5, 0.6) is 0 Å². The second-order valence-electron chi connectivity index (χ2n) is 6.94. The van der Waals surface area contributed by atoms with E-state index in [4.69, 9.17) is 0 Å². The molecule has 3 aromatic rings. The summed E-state index contributed by atoms with van der Waals surface area (Å²) in [6, 6.07) is 18.1. The molecular weight excluding hydrogens is 334 g/mol. The molecule has 0 bridgehead atoms. The van der Waals surface area contributed by atoms with Gasteiger partial charge in [0.15, 0.2) is 0 Å². The molecular formula is C23H27N3O. The van der Waals surface area contributed by atoms with Gasteiger partial charge < -0.3 is 10.2 Å². The van der Waals surface area contributed by atoms with E-state index < -0.39 is 0 Å². The van der Waals surface area contributed by atoms with Crippen molar-refractivity contribution >= 4 is 28.2 Å². The second kappa shape index (κ2) is 9.17. The first kappa shape index (κ1) is 18.9. The molecule has 4 nitrogen and oxygen atoms in total. The SMILES string of the molecule is CCCCCN(C)c1ccc(CC(=O)Nc2cnc3ccccc3c2)cc1. The van der Waals surface area contributed by atoms with Crippen molar-refractivity contribution in [1.82, 2.24) is 4.98 Å². The summed E-state index contributed by atoms with van der Waals surface area (Å²) in [6.45, 7) is 3.27. The predicted molar refractivity (Wildman–Crippen MR) is 113 cm³/mol. The van der Waals surface area contributed by atoms with Gasteiger partial charge >= 0.3 is 0 Å². The number of unbranched alkanes of at least 4 members (excludes halogenated alkanes) is 2.